The third-order valence-corrected chi connectivity index (χ3v) is 4.00. The van der Waals surface area contributed by atoms with Crippen LogP contribution < -0.4 is 5.43 Å². The fourth-order valence-electron chi connectivity index (χ4n) is 2.04. The Hall–Kier alpha value is -2.32. The summed E-state index contributed by atoms with van der Waals surface area (Å²) in [5.41, 5.74) is -0.528. The molecule has 0 fully saturated rings. The molecule has 3 aromatic rings. The largest absolute Gasteiger partial charge is 0.462 e. The first-order valence-electron chi connectivity index (χ1n) is 6.51. The molecule has 0 aliphatic carbocycles. The average Bonchev–Trinajstić information content (AvgIpc) is 2.94. The third kappa shape index (κ3) is 2.82. The van der Waals surface area contributed by atoms with Crippen LogP contribution in [0.1, 0.15) is 17.3 Å². The molecule has 9 heteroatoms. The van der Waals surface area contributed by atoms with Gasteiger partial charge in [0.2, 0.25) is 11.4 Å². The van der Waals surface area contributed by atoms with Crippen molar-refractivity contribution in [1.82, 2.24) is 14.5 Å². The number of halogens is 2. The molecule has 23 heavy (non-hydrogen) atoms. The van der Waals surface area contributed by atoms with Gasteiger partial charge in [-0.05, 0) is 19.1 Å². The van der Waals surface area contributed by atoms with E-state index < -0.39 is 17.3 Å². The summed E-state index contributed by atoms with van der Waals surface area (Å²) in [6.45, 7) is 1.76. The zero-order chi connectivity index (χ0) is 16.6. The number of fused-ring (bicyclic) bond motifs is 1. The molecule has 3 rings (SSSR count). The standard InChI is InChI=1S/C14H9ClFN3O3S/c1-2-22-13(21)8-5-19(14-18-10(16)6-23-14)12-7(11(8)20)3-4-9(15)17-12/h3-6H,2H2,1H3. The maximum absolute atomic E-state index is 13.2. The van der Waals surface area contributed by atoms with Crippen molar-refractivity contribution in [2.45, 2.75) is 6.92 Å². The van der Waals surface area contributed by atoms with E-state index >= 15 is 0 Å². The predicted octanol–water partition coefficient (Wildman–Crippen LogP) is 2.81. The van der Waals surface area contributed by atoms with E-state index in [2.05, 4.69) is 9.97 Å². The van der Waals surface area contributed by atoms with Crippen molar-refractivity contribution < 1.29 is 13.9 Å². The number of hydrogen-bond acceptors (Lipinski definition) is 6. The van der Waals surface area contributed by atoms with E-state index in [0.717, 1.165) is 11.3 Å². The number of thiazole rings is 1. The molecule has 0 aromatic carbocycles. The highest BCUT2D eigenvalue weighted by Crippen LogP contribution is 2.21. The average molecular weight is 354 g/mol. The molecule has 0 saturated carbocycles. The first kappa shape index (κ1) is 15.6. The number of rotatable bonds is 3. The molecule has 118 valence electrons. The van der Waals surface area contributed by atoms with Gasteiger partial charge in [-0.2, -0.15) is 9.37 Å². The number of nitrogens with zero attached hydrogens (tertiary/aromatic N) is 3. The van der Waals surface area contributed by atoms with Crippen LogP contribution in [0.3, 0.4) is 0 Å². The zero-order valence-electron chi connectivity index (χ0n) is 11.7. The molecule has 0 aliphatic rings. The fourth-order valence-corrected chi connectivity index (χ4v) is 2.83. The Morgan fingerprint density at radius 2 is 2.22 bits per heavy atom. The van der Waals surface area contributed by atoms with Gasteiger partial charge >= 0.3 is 5.97 Å². The highest BCUT2D eigenvalue weighted by atomic mass is 35.5. The minimum Gasteiger partial charge on any atom is -0.462 e. The molecular formula is C14H9ClFN3O3S. The summed E-state index contributed by atoms with van der Waals surface area (Å²) in [6, 6.07) is 2.89. The van der Waals surface area contributed by atoms with Gasteiger partial charge in [0, 0.05) is 11.6 Å². The summed E-state index contributed by atoms with van der Waals surface area (Å²) >= 11 is 6.88. The van der Waals surface area contributed by atoms with Crippen LogP contribution in [-0.4, -0.2) is 27.1 Å². The van der Waals surface area contributed by atoms with Crippen LogP contribution in [0.2, 0.25) is 5.15 Å². The van der Waals surface area contributed by atoms with Gasteiger partial charge in [-0.1, -0.05) is 11.6 Å². The molecule has 0 saturated heterocycles. The lowest BCUT2D eigenvalue weighted by atomic mass is 10.2. The predicted molar refractivity (Wildman–Crippen MR) is 83.9 cm³/mol. The Bertz CT molecular complexity index is 970. The first-order chi connectivity index (χ1) is 11.0. The maximum Gasteiger partial charge on any atom is 0.343 e. The van der Waals surface area contributed by atoms with Crippen molar-refractivity contribution in [2.24, 2.45) is 0 Å². The SMILES string of the molecule is CCOC(=O)c1cn(-c2nc(F)cs2)c2nc(Cl)ccc2c1=O. The van der Waals surface area contributed by atoms with E-state index in [0.29, 0.717) is 0 Å². The number of pyridine rings is 2. The van der Waals surface area contributed by atoms with E-state index in [1.807, 2.05) is 0 Å². The lowest BCUT2D eigenvalue weighted by molar-refractivity contribution is 0.0524. The molecule has 0 atom stereocenters. The second-order valence-electron chi connectivity index (χ2n) is 4.42. The second kappa shape index (κ2) is 6.05. The monoisotopic (exact) mass is 353 g/mol. The van der Waals surface area contributed by atoms with Crippen molar-refractivity contribution in [3.63, 3.8) is 0 Å². The molecule has 0 spiro atoms. The van der Waals surface area contributed by atoms with Gasteiger partial charge in [0.25, 0.3) is 0 Å². The molecule has 6 nitrogen and oxygen atoms in total. The van der Waals surface area contributed by atoms with Crippen LogP contribution in [0.5, 0.6) is 0 Å². The highest BCUT2D eigenvalue weighted by Gasteiger charge is 2.19. The van der Waals surface area contributed by atoms with E-state index in [4.69, 9.17) is 16.3 Å². The number of carbonyl (C=O) groups excluding carboxylic acids is 1. The van der Waals surface area contributed by atoms with E-state index in [-0.39, 0.29) is 33.5 Å². The molecule has 0 bridgehead atoms. The van der Waals surface area contributed by atoms with Gasteiger partial charge in [-0.3, -0.25) is 9.36 Å². The molecule has 0 radical (unpaired) electrons. The number of carbonyl (C=O) groups is 1. The molecule has 0 aliphatic heterocycles. The topological polar surface area (TPSA) is 74.1 Å². The normalized spacial score (nSPS) is 10.9. The van der Waals surface area contributed by atoms with Gasteiger partial charge in [0.1, 0.15) is 10.7 Å². The zero-order valence-corrected chi connectivity index (χ0v) is 13.3. The van der Waals surface area contributed by atoms with Crippen molar-refractivity contribution in [3.05, 3.63) is 50.6 Å². The van der Waals surface area contributed by atoms with Crippen LogP contribution in [0.15, 0.2) is 28.5 Å². The molecule has 3 aromatic heterocycles. The van der Waals surface area contributed by atoms with E-state index in [1.165, 1.54) is 28.3 Å². The Morgan fingerprint density at radius 3 is 2.87 bits per heavy atom. The molecule has 0 N–H and O–H groups in total. The molecule has 0 amide bonds. The van der Waals surface area contributed by atoms with Crippen LogP contribution >= 0.6 is 22.9 Å². The lowest BCUT2D eigenvalue weighted by Gasteiger charge is -2.10. The number of hydrogen-bond donors (Lipinski definition) is 0. The number of ether oxygens (including phenoxy) is 1. The van der Waals surface area contributed by atoms with Crippen LogP contribution in [-0.2, 0) is 4.74 Å². The van der Waals surface area contributed by atoms with Crippen LogP contribution in [0, 0.1) is 5.95 Å². The highest BCUT2D eigenvalue weighted by molar-refractivity contribution is 7.12. The summed E-state index contributed by atoms with van der Waals surface area (Å²) in [5.74, 6) is -1.43. The number of esters is 1. The van der Waals surface area contributed by atoms with E-state index in [9.17, 15) is 14.0 Å². The van der Waals surface area contributed by atoms with Gasteiger partial charge in [0.05, 0.1) is 12.0 Å². The van der Waals surface area contributed by atoms with Gasteiger partial charge in [-0.15, -0.1) is 11.3 Å². The van der Waals surface area contributed by atoms with Crippen molar-refractivity contribution >= 4 is 39.9 Å². The summed E-state index contributed by atoms with van der Waals surface area (Å²) in [7, 11) is 0. The third-order valence-electron chi connectivity index (χ3n) is 2.98. The van der Waals surface area contributed by atoms with Crippen LogP contribution in [0.25, 0.3) is 16.2 Å². The minimum atomic E-state index is -0.764. The van der Waals surface area contributed by atoms with Gasteiger partial charge in [0.15, 0.2) is 10.8 Å². The second-order valence-corrected chi connectivity index (χ2v) is 5.64. The summed E-state index contributed by atoms with van der Waals surface area (Å²) in [5, 5.41) is 1.74. The summed E-state index contributed by atoms with van der Waals surface area (Å²) in [6.07, 6.45) is 1.24. The van der Waals surface area contributed by atoms with Crippen molar-refractivity contribution in [3.8, 4) is 5.13 Å². The Labute approximate surface area is 138 Å². The van der Waals surface area contributed by atoms with Gasteiger partial charge < -0.3 is 4.74 Å². The minimum absolute atomic E-state index is 0.126. The van der Waals surface area contributed by atoms with Crippen LogP contribution in [0.4, 0.5) is 4.39 Å². The molecular weight excluding hydrogens is 345 g/mol. The summed E-state index contributed by atoms with van der Waals surface area (Å²) in [4.78, 5) is 32.3. The lowest BCUT2D eigenvalue weighted by Crippen LogP contribution is -2.21. The van der Waals surface area contributed by atoms with Crippen molar-refractivity contribution in [1.29, 1.82) is 0 Å². The Kier molecular flexibility index (Phi) is 4.10. The van der Waals surface area contributed by atoms with Crippen molar-refractivity contribution in [2.75, 3.05) is 6.61 Å². The first-order valence-corrected chi connectivity index (χ1v) is 7.77. The molecule has 0 unspecified atom stereocenters. The Morgan fingerprint density at radius 1 is 1.43 bits per heavy atom. The van der Waals surface area contributed by atoms with Gasteiger partial charge in [-0.25, -0.2) is 9.78 Å². The Balaban J connectivity index is 2.36. The fraction of sp³-hybridized carbons (Fsp3) is 0.143. The maximum atomic E-state index is 13.2. The van der Waals surface area contributed by atoms with E-state index in [1.54, 1.807) is 6.92 Å². The summed E-state index contributed by atoms with van der Waals surface area (Å²) < 4.78 is 19.5. The number of aromatic nitrogens is 3. The smallest absolute Gasteiger partial charge is 0.343 e. The molecule has 3 heterocycles. The quantitative estimate of drug-likeness (QED) is 0.534.